The Labute approximate surface area is 111 Å². The molecule has 0 atom stereocenters. The van der Waals surface area contributed by atoms with Crippen LogP contribution in [0, 0.1) is 18.3 Å². The standard InChI is InChI=1S/C10H8ClF2N5O/c1-4-5(3-14)7(16-15-4)8-6(11)9(18(2)17-8)19-10(12)13/h10H,1-2H3,(H,15,16). The van der Waals surface area contributed by atoms with Crippen LogP contribution in [0.25, 0.3) is 11.4 Å². The van der Waals surface area contributed by atoms with Crippen molar-refractivity contribution >= 4 is 11.6 Å². The molecular formula is C10H8ClF2N5O. The lowest BCUT2D eigenvalue weighted by Crippen LogP contribution is -2.06. The molecule has 0 aromatic carbocycles. The van der Waals surface area contributed by atoms with E-state index in [2.05, 4.69) is 20.0 Å². The zero-order valence-electron chi connectivity index (χ0n) is 9.91. The van der Waals surface area contributed by atoms with Crippen molar-refractivity contribution in [2.24, 2.45) is 7.05 Å². The summed E-state index contributed by atoms with van der Waals surface area (Å²) in [6, 6.07) is 1.95. The molecule has 0 aliphatic heterocycles. The molecule has 0 fully saturated rings. The Bertz CT molecular complexity index is 658. The van der Waals surface area contributed by atoms with E-state index in [4.69, 9.17) is 16.9 Å². The largest absolute Gasteiger partial charge is 0.416 e. The first-order valence-electron chi connectivity index (χ1n) is 5.08. The van der Waals surface area contributed by atoms with Crippen LogP contribution in [-0.4, -0.2) is 26.6 Å². The summed E-state index contributed by atoms with van der Waals surface area (Å²) in [4.78, 5) is 0. The summed E-state index contributed by atoms with van der Waals surface area (Å²) < 4.78 is 29.8. The Kier molecular flexibility index (Phi) is 3.40. The maximum atomic E-state index is 12.2. The highest BCUT2D eigenvalue weighted by Crippen LogP contribution is 2.36. The third-order valence-corrected chi connectivity index (χ3v) is 2.76. The molecule has 0 unspecified atom stereocenters. The van der Waals surface area contributed by atoms with Crippen LogP contribution >= 0.6 is 11.6 Å². The molecule has 100 valence electrons. The Morgan fingerprint density at radius 3 is 2.74 bits per heavy atom. The van der Waals surface area contributed by atoms with E-state index >= 15 is 0 Å². The summed E-state index contributed by atoms with van der Waals surface area (Å²) in [5, 5.41) is 19.4. The van der Waals surface area contributed by atoms with Gasteiger partial charge in [0.05, 0.1) is 5.69 Å². The zero-order chi connectivity index (χ0) is 14.2. The quantitative estimate of drug-likeness (QED) is 0.939. The van der Waals surface area contributed by atoms with Gasteiger partial charge in [0, 0.05) is 7.05 Å². The molecule has 0 bridgehead atoms. The molecule has 1 N–H and O–H groups in total. The lowest BCUT2D eigenvalue weighted by Gasteiger charge is -2.03. The van der Waals surface area contributed by atoms with Crippen LogP contribution in [0.4, 0.5) is 8.78 Å². The lowest BCUT2D eigenvalue weighted by atomic mass is 10.1. The topological polar surface area (TPSA) is 79.5 Å². The molecule has 2 aromatic rings. The predicted molar refractivity (Wildman–Crippen MR) is 61.9 cm³/mol. The molecule has 9 heteroatoms. The molecule has 0 saturated heterocycles. The monoisotopic (exact) mass is 287 g/mol. The molecule has 0 amide bonds. The number of aromatic nitrogens is 4. The predicted octanol–water partition coefficient (Wildman–Crippen LogP) is 2.25. The Hall–Kier alpha value is -2.14. The SMILES string of the molecule is Cc1[nH]nc(-c2nn(C)c(OC(F)F)c2Cl)c1C#N. The van der Waals surface area contributed by atoms with Crippen molar-refractivity contribution in [3.63, 3.8) is 0 Å². The first-order chi connectivity index (χ1) is 8.95. The van der Waals surface area contributed by atoms with Gasteiger partial charge in [-0.3, -0.25) is 5.10 Å². The third-order valence-electron chi connectivity index (χ3n) is 2.42. The second-order valence-corrected chi connectivity index (χ2v) is 4.03. The fourth-order valence-corrected chi connectivity index (χ4v) is 1.88. The molecule has 2 heterocycles. The van der Waals surface area contributed by atoms with E-state index < -0.39 is 6.61 Å². The number of nitrogens with one attached hydrogen (secondary N) is 1. The van der Waals surface area contributed by atoms with Crippen LogP contribution in [0.2, 0.25) is 5.02 Å². The number of hydrogen-bond donors (Lipinski definition) is 1. The van der Waals surface area contributed by atoms with Gasteiger partial charge in [-0.05, 0) is 6.92 Å². The number of halogens is 3. The summed E-state index contributed by atoms with van der Waals surface area (Å²) >= 11 is 5.94. The number of ether oxygens (including phenoxy) is 1. The van der Waals surface area contributed by atoms with Gasteiger partial charge < -0.3 is 4.74 Å². The second-order valence-electron chi connectivity index (χ2n) is 3.65. The van der Waals surface area contributed by atoms with Crippen LogP contribution in [0.3, 0.4) is 0 Å². The number of nitrogens with zero attached hydrogens (tertiary/aromatic N) is 4. The normalized spacial score (nSPS) is 10.8. The fraction of sp³-hybridized carbons (Fsp3) is 0.300. The Morgan fingerprint density at radius 2 is 2.16 bits per heavy atom. The van der Waals surface area contributed by atoms with Crippen molar-refractivity contribution < 1.29 is 13.5 Å². The number of rotatable bonds is 3. The Balaban J connectivity index is 2.55. The van der Waals surface area contributed by atoms with E-state index in [1.165, 1.54) is 7.05 Å². The van der Waals surface area contributed by atoms with Crippen molar-refractivity contribution in [3.05, 3.63) is 16.3 Å². The van der Waals surface area contributed by atoms with Crippen LogP contribution in [0.1, 0.15) is 11.3 Å². The molecule has 6 nitrogen and oxygen atoms in total. The molecule has 0 spiro atoms. The fourth-order valence-electron chi connectivity index (χ4n) is 1.58. The van der Waals surface area contributed by atoms with E-state index in [-0.39, 0.29) is 27.9 Å². The van der Waals surface area contributed by atoms with Gasteiger partial charge in [-0.2, -0.15) is 24.2 Å². The van der Waals surface area contributed by atoms with Gasteiger partial charge in [0.1, 0.15) is 28.0 Å². The Morgan fingerprint density at radius 1 is 1.47 bits per heavy atom. The highest BCUT2D eigenvalue weighted by atomic mass is 35.5. The third kappa shape index (κ3) is 2.24. The summed E-state index contributed by atoms with van der Waals surface area (Å²) in [7, 11) is 1.40. The maximum Gasteiger partial charge on any atom is 0.388 e. The summed E-state index contributed by atoms with van der Waals surface area (Å²) in [5.41, 5.74) is 1.10. The van der Waals surface area contributed by atoms with Crippen molar-refractivity contribution in [2.75, 3.05) is 0 Å². The summed E-state index contributed by atoms with van der Waals surface area (Å²) in [6.45, 7) is -1.36. The smallest absolute Gasteiger partial charge is 0.388 e. The molecule has 0 radical (unpaired) electrons. The number of H-pyrrole nitrogens is 1. The van der Waals surface area contributed by atoms with Gasteiger partial charge in [0.2, 0.25) is 5.88 Å². The second kappa shape index (κ2) is 4.85. The summed E-state index contributed by atoms with van der Waals surface area (Å²) in [5.74, 6) is -0.281. The van der Waals surface area contributed by atoms with Crippen molar-refractivity contribution in [2.45, 2.75) is 13.5 Å². The number of aryl methyl sites for hydroxylation is 2. The lowest BCUT2D eigenvalue weighted by molar-refractivity contribution is -0.0552. The highest BCUT2D eigenvalue weighted by molar-refractivity contribution is 6.34. The molecule has 2 aromatic heterocycles. The number of aromatic amines is 1. The van der Waals surface area contributed by atoms with Crippen molar-refractivity contribution in [3.8, 4) is 23.3 Å². The van der Waals surface area contributed by atoms with Crippen LogP contribution in [-0.2, 0) is 7.05 Å². The average Bonchev–Trinajstić information content (AvgIpc) is 2.83. The number of hydrogen-bond acceptors (Lipinski definition) is 4. The first kappa shape index (κ1) is 13.3. The van der Waals surface area contributed by atoms with E-state index in [1.54, 1.807) is 6.92 Å². The van der Waals surface area contributed by atoms with E-state index in [9.17, 15) is 8.78 Å². The van der Waals surface area contributed by atoms with Crippen molar-refractivity contribution in [1.29, 1.82) is 5.26 Å². The van der Waals surface area contributed by atoms with E-state index in [0.717, 1.165) is 4.68 Å². The van der Waals surface area contributed by atoms with Gasteiger partial charge in [-0.1, -0.05) is 11.6 Å². The molecule has 0 aliphatic carbocycles. The maximum absolute atomic E-state index is 12.2. The van der Waals surface area contributed by atoms with Crippen LogP contribution in [0.5, 0.6) is 5.88 Å². The van der Waals surface area contributed by atoms with E-state index in [1.807, 2.05) is 6.07 Å². The van der Waals surface area contributed by atoms with Crippen molar-refractivity contribution in [1.82, 2.24) is 20.0 Å². The van der Waals surface area contributed by atoms with Crippen LogP contribution in [0.15, 0.2) is 0 Å². The molecule has 0 aliphatic rings. The number of nitriles is 1. The summed E-state index contributed by atoms with van der Waals surface area (Å²) in [6.07, 6.45) is 0. The molecule has 2 rings (SSSR count). The minimum Gasteiger partial charge on any atom is -0.416 e. The first-order valence-corrected chi connectivity index (χ1v) is 5.46. The zero-order valence-corrected chi connectivity index (χ0v) is 10.7. The molecular weight excluding hydrogens is 280 g/mol. The van der Waals surface area contributed by atoms with Gasteiger partial charge in [0.25, 0.3) is 0 Å². The van der Waals surface area contributed by atoms with Gasteiger partial charge in [0.15, 0.2) is 0 Å². The molecule has 19 heavy (non-hydrogen) atoms. The van der Waals surface area contributed by atoms with E-state index in [0.29, 0.717) is 5.69 Å². The minimum absolute atomic E-state index is 0.112. The van der Waals surface area contributed by atoms with Gasteiger partial charge >= 0.3 is 6.61 Å². The number of alkyl halides is 2. The van der Waals surface area contributed by atoms with Gasteiger partial charge in [-0.25, -0.2) is 4.68 Å². The molecule has 0 saturated carbocycles. The highest BCUT2D eigenvalue weighted by Gasteiger charge is 2.24. The van der Waals surface area contributed by atoms with Crippen LogP contribution < -0.4 is 4.74 Å². The van der Waals surface area contributed by atoms with Gasteiger partial charge in [-0.15, -0.1) is 0 Å². The average molecular weight is 288 g/mol. The minimum atomic E-state index is -3.02.